The molecule has 1 rings (SSSR count). The van der Waals surface area contributed by atoms with E-state index in [0.29, 0.717) is 26.0 Å². The van der Waals surface area contributed by atoms with Crippen LogP contribution in [0.3, 0.4) is 0 Å². The normalized spacial score (nSPS) is 22.0. The first-order valence-corrected chi connectivity index (χ1v) is 12.4. The summed E-state index contributed by atoms with van der Waals surface area (Å²) in [5.74, 6) is -0.557. The Hall–Kier alpha value is -2.09. The Morgan fingerprint density at radius 2 is 1.71 bits per heavy atom. The maximum absolute atomic E-state index is 13.4. The summed E-state index contributed by atoms with van der Waals surface area (Å²) in [6.07, 6.45) is 6.09. The molecule has 1 fully saturated rings. The molecule has 0 radical (unpaired) electrons. The van der Waals surface area contributed by atoms with Gasteiger partial charge in [0.2, 0.25) is 5.91 Å². The minimum Gasteiger partial charge on any atom is -0.458 e. The summed E-state index contributed by atoms with van der Waals surface area (Å²) in [5, 5.41) is 2.74. The molecule has 1 heterocycles. The van der Waals surface area contributed by atoms with Crippen molar-refractivity contribution in [2.45, 2.75) is 117 Å². The van der Waals surface area contributed by atoms with Gasteiger partial charge in [0.1, 0.15) is 17.2 Å². The van der Waals surface area contributed by atoms with Crippen molar-refractivity contribution in [1.82, 2.24) is 10.2 Å². The maximum atomic E-state index is 13.4. The molecule has 0 aromatic carbocycles. The molecular formula is C26H46N2O6. The predicted molar refractivity (Wildman–Crippen MR) is 132 cm³/mol. The first-order chi connectivity index (χ1) is 15.7. The number of hydrogen-bond acceptors (Lipinski definition) is 6. The number of likely N-dealkylation sites (tertiary alicyclic amines) is 1. The van der Waals surface area contributed by atoms with Gasteiger partial charge >= 0.3 is 12.1 Å². The van der Waals surface area contributed by atoms with Gasteiger partial charge in [0.15, 0.2) is 0 Å². The standard InChI is InChI=1S/C26H46N2O6/c1-10-12-19-16-22(23(30)33-25(4,5)6)28(24(31)34-26(7,8)9)21(19)17-20(13-11-2)32-15-14-27-18(3)29/h10,12,19-22H,11,13-17H2,1-9H3,(H,27,29)/t19-,20-,21-,22-/m1/s1. The number of ether oxygens (including phenoxy) is 3. The summed E-state index contributed by atoms with van der Waals surface area (Å²) in [7, 11) is 0. The van der Waals surface area contributed by atoms with Crippen molar-refractivity contribution in [1.29, 1.82) is 0 Å². The van der Waals surface area contributed by atoms with Crippen molar-refractivity contribution in [2.75, 3.05) is 13.2 Å². The summed E-state index contributed by atoms with van der Waals surface area (Å²) >= 11 is 0. The fourth-order valence-corrected chi connectivity index (χ4v) is 4.18. The lowest BCUT2D eigenvalue weighted by Gasteiger charge is -2.35. The quantitative estimate of drug-likeness (QED) is 0.278. The predicted octanol–water partition coefficient (Wildman–Crippen LogP) is 4.61. The number of amides is 2. The fourth-order valence-electron chi connectivity index (χ4n) is 4.18. The zero-order chi connectivity index (χ0) is 26.1. The molecule has 34 heavy (non-hydrogen) atoms. The minimum atomic E-state index is -0.734. The van der Waals surface area contributed by atoms with E-state index in [1.807, 2.05) is 60.6 Å². The van der Waals surface area contributed by atoms with Gasteiger partial charge in [0, 0.05) is 25.4 Å². The Bertz CT molecular complexity index is 707. The van der Waals surface area contributed by atoms with Crippen LogP contribution in [0.5, 0.6) is 0 Å². The van der Waals surface area contributed by atoms with Gasteiger partial charge in [-0.1, -0.05) is 25.5 Å². The van der Waals surface area contributed by atoms with E-state index in [0.717, 1.165) is 12.8 Å². The average molecular weight is 483 g/mol. The van der Waals surface area contributed by atoms with Crippen LogP contribution in [0.1, 0.15) is 88.0 Å². The van der Waals surface area contributed by atoms with Gasteiger partial charge < -0.3 is 19.5 Å². The van der Waals surface area contributed by atoms with Gasteiger partial charge in [0.25, 0.3) is 0 Å². The molecule has 0 spiro atoms. The zero-order valence-electron chi connectivity index (χ0n) is 22.6. The summed E-state index contributed by atoms with van der Waals surface area (Å²) in [6, 6.07) is -1.01. The maximum Gasteiger partial charge on any atom is 0.411 e. The first kappa shape index (κ1) is 29.9. The molecule has 1 aliphatic heterocycles. The number of nitrogens with zero attached hydrogens (tertiary/aromatic N) is 1. The molecule has 8 heteroatoms. The number of hydrogen-bond donors (Lipinski definition) is 1. The van der Waals surface area contributed by atoms with Crippen LogP contribution in [-0.4, -0.2) is 65.4 Å². The number of carbonyl (C=O) groups excluding carboxylic acids is 3. The van der Waals surface area contributed by atoms with Gasteiger partial charge in [0.05, 0.1) is 12.7 Å². The summed E-state index contributed by atoms with van der Waals surface area (Å²) in [4.78, 5) is 39.3. The van der Waals surface area contributed by atoms with Crippen LogP contribution in [0.2, 0.25) is 0 Å². The molecule has 4 atom stereocenters. The van der Waals surface area contributed by atoms with Crippen LogP contribution in [0, 0.1) is 5.92 Å². The van der Waals surface area contributed by atoms with Crippen molar-refractivity contribution in [3.05, 3.63) is 12.2 Å². The summed E-state index contributed by atoms with van der Waals surface area (Å²) in [5.41, 5.74) is -1.36. The van der Waals surface area contributed by atoms with E-state index < -0.39 is 29.3 Å². The van der Waals surface area contributed by atoms with Crippen molar-refractivity contribution in [3.63, 3.8) is 0 Å². The summed E-state index contributed by atoms with van der Waals surface area (Å²) in [6.45, 7) is 17.2. The fraction of sp³-hybridized carbons (Fsp3) is 0.808. The van der Waals surface area contributed by atoms with Crippen LogP contribution < -0.4 is 5.32 Å². The molecule has 1 aliphatic rings. The lowest BCUT2D eigenvalue weighted by Crippen LogP contribution is -2.50. The summed E-state index contributed by atoms with van der Waals surface area (Å²) < 4.78 is 17.5. The highest BCUT2D eigenvalue weighted by Gasteiger charge is 2.49. The highest BCUT2D eigenvalue weighted by Crippen LogP contribution is 2.37. The van der Waals surface area contributed by atoms with E-state index >= 15 is 0 Å². The molecule has 196 valence electrons. The number of nitrogens with one attached hydrogen (secondary N) is 1. The van der Waals surface area contributed by atoms with Crippen LogP contribution in [0.25, 0.3) is 0 Å². The van der Waals surface area contributed by atoms with Crippen molar-refractivity contribution >= 4 is 18.0 Å². The molecule has 1 N–H and O–H groups in total. The van der Waals surface area contributed by atoms with E-state index in [2.05, 4.69) is 12.2 Å². The Kier molecular flexibility index (Phi) is 11.6. The number of esters is 1. The second-order valence-corrected chi connectivity index (χ2v) is 10.9. The van der Waals surface area contributed by atoms with Crippen molar-refractivity contribution in [3.8, 4) is 0 Å². The van der Waals surface area contributed by atoms with Crippen molar-refractivity contribution < 1.29 is 28.6 Å². The highest BCUT2D eigenvalue weighted by molar-refractivity contribution is 5.83. The molecule has 2 amide bonds. The zero-order valence-corrected chi connectivity index (χ0v) is 22.6. The Balaban J connectivity index is 3.22. The Morgan fingerprint density at radius 3 is 2.21 bits per heavy atom. The number of rotatable bonds is 10. The van der Waals surface area contributed by atoms with Crippen molar-refractivity contribution in [2.24, 2.45) is 5.92 Å². The third-order valence-corrected chi connectivity index (χ3v) is 5.35. The van der Waals surface area contributed by atoms with Gasteiger partial charge in [-0.05, 0) is 67.7 Å². The monoisotopic (exact) mass is 482 g/mol. The van der Waals surface area contributed by atoms with Gasteiger partial charge in [-0.25, -0.2) is 9.59 Å². The smallest absolute Gasteiger partial charge is 0.411 e. The van der Waals surface area contributed by atoms with Gasteiger partial charge in [-0.15, -0.1) is 0 Å². The second kappa shape index (κ2) is 13.1. The molecular weight excluding hydrogens is 436 g/mol. The first-order valence-electron chi connectivity index (χ1n) is 12.4. The molecule has 0 saturated carbocycles. The van der Waals surface area contributed by atoms with Crippen LogP contribution in [-0.2, 0) is 23.8 Å². The highest BCUT2D eigenvalue weighted by atomic mass is 16.6. The molecule has 0 aromatic heterocycles. The van der Waals surface area contributed by atoms with Crippen LogP contribution in [0.15, 0.2) is 12.2 Å². The molecule has 0 aromatic rings. The Morgan fingerprint density at radius 1 is 1.09 bits per heavy atom. The molecule has 0 aliphatic carbocycles. The largest absolute Gasteiger partial charge is 0.458 e. The molecule has 1 saturated heterocycles. The van der Waals surface area contributed by atoms with E-state index in [9.17, 15) is 14.4 Å². The number of carbonyl (C=O) groups is 3. The van der Waals surface area contributed by atoms with E-state index in [1.54, 1.807) is 4.90 Å². The van der Waals surface area contributed by atoms with Gasteiger partial charge in [-0.2, -0.15) is 0 Å². The third kappa shape index (κ3) is 10.5. The van der Waals surface area contributed by atoms with Crippen LogP contribution >= 0.6 is 0 Å². The van der Waals surface area contributed by atoms with Crippen LogP contribution in [0.4, 0.5) is 4.79 Å². The minimum absolute atomic E-state index is 0.0339. The second-order valence-electron chi connectivity index (χ2n) is 10.9. The molecule has 0 unspecified atom stereocenters. The SMILES string of the molecule is CC=C[C@@H]1C[C@H](C(=O)OC(C)(C)C)N(C(=O)OC(C)(C)C)[C@@H]1C[C@@H](CCC)OCCNC(C)=O. The molecule has 0 bridgehead atoms. The topological polar surface area (TPSA) is 94.2 Å². The lowest BCUT2D eigenvalue weighted by molar-refractivity contribution is -0.160. The van der Waals surface area contributed by atoms with Gasteiger partial charge in [-0.3, -0.25) is 9.69 Å². The van der Waals surface area contributed by atoms with E-state index in [1.165, 1.54) is 6.92 Å². The van der Waals surface area contributed by atoms with E-state index in [-0.39, 0.29) is 24.0 Å². The molecule has 8 nitrogen and oxygen atoms in total. The Labute approximate surface area is 205 Å². The number of allylic oxidation sites excluding steroid dienone is 1. The van der Waals surface area contributed by atoms with E-state index in [4.69, 9.17) is 14.2 Å². The third-order valence-electron chi connectivity index (χ3n) is 5.35. The average Bonchev–Trinajstić information content (AvgIpc) is 3.01. The lowest BCUT2D eigenvalue weighted by atomic mass is 9.93.